The van der Waals surface area contributed by atoms with E-state index in [0.717, 1.165) is 30.5 Å². The van der Waals surface area contributed by atoms with E-state index in [1.54, 1.807) is 13.2 Å². The van der Waals surface area contributed by atoms with Crippen molar-refractivity contribution in [3.63, 3.8) is 0 Å². The zero-order chi connectivity index (χ0) is 14.8. The van der Waals surface area contributed by atoms with Gasteiger partial charge in [-0.3, -0.25) is 0 Å². The predicted molar refractivity (Wildman–Crippen MR) is 74.4 cm³/mol. The van der Waals surface area contributed by atoms with E-state index in [-0.39, 0.29) is 11.8 Å². The molecule has 0 bridgehead atoms. The van der Waals surface area contributed by atoms with Crippen molar-refractivity contribution in [1.29, 1.82) is 0 Å². The molecule has 1 unspecified atom stereocenters. The molecule has 2 nitrogen and oxygen atoms in total. The van der Waals surface area contributed by atoms with E-state index in [4.69, 9.17) is 4.74 Å². The fourth-order valence-corrected chi connectivity index (χ4v) is 3.42. The molecule has 1 aliphatic carbocycles. The van der Waals surface area contributed by atoms with Crippen molar-refractivity contribution in [1.82, 2.24) is 5.32 Å². The smallest absolute Gasteiger partial charge is 0.446 e. The van der Waals surface area contributed by atoms with Crippen LogP contribution in [0.1, 0.15) is 24.5 Å². The van der Waals surface area contributed by atoms with Gasteiger partial charge < -0.3 is 10.1 Å². The molecule has 1 aliphatic rings. The Bertz CT molecular complexity index is 476. The van der Waals surface area contributed by atoms with E-state index in [2.05, 4.69) is 5.32 Å². The van der Waals surface area contributed by atoms with Gasteiger partial charge in [-0.1, -0.05) is 6.92 Å². The van der Waals surface area contributed by atoms with Gasteiger partial charge in [-0.05, 0) is 60.8 Å². The summed E-state index contributed by atoms with van der Waals surface area (Å²) in [5, 5.41) is 3.36. The summed E-state index contributed by atoms with van der Waals surface area (Å²) in [4.78, 5) is 0.309. The summed E-state index contributed by atoms with van der Waals surface area (Å²) in [5.41, 5.74) is -2.54. The molecule has 6 heteroatoms. The Hall–Kier alpha value is -0.880. The Labute approximate surface area is 121 Å². The minimum Gasteiger partial charge on any atom is -0.496 e. The molecule has 0 saturated heterocycles. The number of ether oxygens (including phenoxy) is 1. The highest BCUT2D eigenvalue weighted by molar-refractivity contribution is 8.00. The molecule has 0 spiro atoms. The minimum atomic E-state index is -4.25. The molecule has 0 radical (unpaired) electrons. The molecule has 0 saturated carbocycles. The van der Waals surface area contributed by atoms with Crippen LogP contribution in [0.5, 0.6) is 5.75 Å². The fraction of sp³-hybridized carbons (Fsp3) is 0.571. The van der Waals surface area contributed by atoms with E-state index in [0.29, 0.717) is 23.1 Å². The second-order valence-electron chi connectivity index (χ2n) is 4.77. The molecule has 0 aliphatic heterocycles. The van der Waals surface area contributed by atoms with Crippen LogP contribution in [0, 0.1) is 0 Å². The highest BCUT2D eigenvalue weighted by atomic mass is 32.2. The van der Waals surface area contributed by atoms with Crippen LogP contribution in [-0.2, 0) is 12.8 Å². The normalized spacial score (nSPS) is 18.8. The van der Waals surface area contributed by atoms with Gasteiger partial charge in [0.25, 0.3) is 0 Å². The number of rotatable bonds is 4. The Balaban J connectivity index is 2.33. The van der Waals surface area contributed by atoms with Crippen LogP contribution in [0.2, 0.25) is 0 Å². The first-order chi connectivity index (χ1) is 9.44. The molecule has 0 heterocycles. The monoisotopic (exact) mass is 305 g/mol. The zero-order valence-electron chi connectivity index (χ0n) is 11.5. The predicted octanol–water partition coefficient (Wildman–Crippen LogP) is 3.77. The lowest BCUT2D eigenvalue weighted by molar-refractivity contribution is -0.0328. The fourth-order valence-electron chi connectivity index (χ4n) is 2.69. The number of hydrogen-bond acceptors (Lipinski definition) is 3. The summed E-state index contributed by atoms with van der Waals surface area (Å²) in [6, 6.07) is 3.47. The van der Waals surface area contributed by atoms with Crippen LogP contribution in [0.3, 0.4) is 0 Å². The van der Waals surface area contributed by atoms with E-state index in [1.807, 2.05) is 6.92 Å². The summed E-state index contributed by atoms with van der Waals surface area (Å²) in [5.74, 6) is 0.689. The van der Waals surface area contributed by atoms with Gasteiger partial charge in [0.1, 0.15) is 5.75 Å². The van der Waals surface area contributed by atoms with E-state index in [9.17, 15) is 13.2 Å². The van der Waals surface area contributed by atoms with E-state index >= 15 is 0 Å². The average molecular weight is 305 g/mol. The van der Waals surface area contributed by atoms with Gasteiger partial charge in [-0.15, -0.1) is 0 Å². The Morgan fingerprint density at radius 2 is 2.10 bits per heavy atom. The molecule has 1 atom stereocenters. The number of hydrogen-bond donors (Lipinski definition) is 1. The third-order valence-corrected chi connectivity index (χ3v) is 4.31. The third kappa shape index (κ3) is 3.61. The summed E-state index contributed by atoms with van der Waals surface area (Å²) in [6.07, 6.45) is 2.24. The van der Waals surface area contributed by atoms with Crippen LogP contribution >= 0.6 is 11.8 Å². The molecule has 20 heavy (non-hydrogen) atoms. The van der Waals surface area contributed by atoms with Crippen LogP contribution in [0.25, 0.3) is 0 Å². The molecule has 0 aromatic heterocycles. The zero-order valence-corrected chi connectivity index (χ0v) is 12.3. The van der Waals surface area contributed by atoms with Gasteiger partial charge in [-0.25, -0.2) is 0 Å². The van der Waals surface area contributed by atoms with Crippen molar-refractivity contribution >= 4 is 11.8 Å². The maximum atomic E-state index is 12.6. The summed E-state index contributed by atoms with van der Waals surface area (Å²) < 4.78 is 43.1. The standard InChI is InChI=1S/C14H18F3NOS/c1-3-18-9-4-5-10-11(8-9)12(19-2)6-7-13(10)20-14(15,16)17/h6-7,9,18H,3-5,8H2,1-2H3. The molecule has 0 amide bonds. The van der Waals surface area contributed by atoms with Gasteiger partial charge in [0.05, 0.1) is 7.11 Å². The maximum absolute atomic E-state index is 12.6. The number of benzene rings is 1. The molecular weight excluding hydrogens is 287 g/mol. The molecule has 1 aromatic rings. The first-order valence-corrected chi connectivity index (χ1v) is 7.44. The Morgan fingerprint density at radius 1 is 1.35 bits per heavy atom. The number of thioether (sulfide) groups is 1. The number of alkyl halides is 3. The highest BCUT2D eigenvalue weighted by Crippen LogP contribution is 2.43. The number of nitrogens with one attached hydrogen (secondary N) is 1. The third-order valence-electron chi connectivity index (χ3n) is 3.48. The first-order valence-electron chi connectivity index (χ1n) is 6.62. The first kappa shape index (κ1) is 15.5. The lowest BCUT2D eigenvalue weighted by Gasteiger charge is -2.28. The van der Waals surface area contributed by atoms with Crippen molar-refractivity contribution < 1.29 is 17.9 Å². The topological polar surface area (TPSA) is 21.3 Å². The van der Waals surface area contributed by atoms with Gasteiger partial charge in [-0.2, -0.15) is 13.2 Å². The van der Waals surface area contributed by atoms with Crippen LogP contribution < -0.4 is 10.1 Å². The SMILES string of the molecule is CCNC1CCc2c(SC(F)(F)F)ccc(OC)c2C1. The van der Waals surface area contributed by atoms with Crippen molar-refractivity contribution in [2.24, 2.45) is 0 Å². The Kier molecular flexibility index (Phi) is 4.86. The van der Waals surface area contributed by atoms with Gasteiger partial charge >= 0.3 is 5.51 Å². The van der Waals surface area contributed by atoms with E-state index < -0.39 is 5.51 Å². The van der Waals surface area contributed by atoms with Crippen molar-refractivity contribution in [2.45, 2.75) is 42.6 Å². The second kappa shape index (κ2) is 6.26. The lowest BCUT2D eigenvalue weighted by atomic mass is 9.87. The average Bonchev–Trinajstić information content (AvgIpc) is 2.37. The quantitative estimate of drug-likeness (QED) is 0.856. The van der Waals surface area contributed by atoms with Crippen molar-refractivity contribution in [3.8, 4) is 5.75 Å². The highest BCUT2D eigenvalue weighted by Gasteiger charge is 2.32. The number of methoxy groups -OCH3 is 1. The summed E-state index contributed by atoms with van der Waals surface area (Å²) in [6.45, 7) is 2.89. The molecule has 112 valence electrons. The largest absolute Gasteiger partial charge is 0.496 e. The number of likely N-dealkylation sites (N-methyl/N-ethyl adjacent to an activating group) is 1. The lowest BCUT2D eigenvalue weighted by Crippen LogP contribution is -2.34. The number of halogens is 3. The molecular formula is C14H18F3NOS. The second-order valence-corrected chi connectivity index (χ2v) is 5.88. The van der Waals surface area contributed by atoms with E-state index in [1.165, 1.54) is 6.07 Å². The van der Waals surface area contributed by atoms with Crippen molar-refractivity contribution in [3.05, 3.63) is 23.3 Å². The van der Waals surface area contributed by atoms with Crippen LogP contribution in [0.15, 0.2) is 17.0 Å². The number of fused-ring (bicyclic) bond motifs is 1. The van der Waals surface area contributed by atoms with Crippen LogP contribution in [0.4, 0.5) is 13.2 Å². The molecule has 2 rings (SSSR count). The molecule has 1 aromatic carbocycles. The maximum Gasteiger partial charge on any atom is 0.446 e. The molecule has 0 fully saturated rings. The van der Waals surface area contributed by atoms with Crippen LogP contribution in [-0.4, -0.2) is 25.2 Å². The Morgan fingerprint density at radius 3 is 2.70 bits per heavy atom. The van der Waals surface area contributed by atoms with Crippen molar-refractivity contribution in [2.75, 3.05) is 13.7 Å². The molecule has 1 N–H and O–H groups in total. The minimum absolute atomic E-state index is 0.0268. The summed E-state index contributed by atoms with van der Waals surface area (Å²) in [7, 11) is 1.56. The van der Waals surface area contributed by atoms with Gasteiger partial charge in [0.15, 0.2) is 0 Å². The summed E-state index contributed by atoms with van der Waals surface area (Å²) >= 11 is -0.0268. The van der Waals surface area contributed by atoms with Gasteiger partial charge in [0, 0.05) is 10.9 Å². The van der Waals surface area contributed by atoms with Gasteiger partial charge in [0.2, 0.25) is 0 Å².